The lowest BCUT2D eigenvalue weighted by Gasteiger charge is -2.22. The Labute approximate surface area is 120 Å². The first-order valence-electron chi connectivity index (χ1n) is 6.96. The summed E-state index contributed by atoms with van der Waals surface area (Å²) in [6.07, 6.45) is 0.807. The number of hydrogen-bond donors (Lipinski definition) is 1. The number of halogens is 1. The maximum absolute atomic E-state index is 12.7. The molecule has 0 radical (unpaired) electrons. The van der Waals surface area contributed by atoms with Crippen LogP contribution >= 0.6 is 0 Å². The summed E-state index contributed by atoms with van der Waals surface area (Å²) < 4.78 is 18.0. The molecule has 0 saturated heterocycles. The Balaban J connectivity index is 2.23. The fraction of sp³-hybridized carbons (Fsp3) is 0.562. The minimum Gasteiger partial charge on any atom is -0.460 e. The van der Waals surface area contributed by atoms with Crippen LogP contribution in [0.15, 0.2) is 24.3 Å². The molecule has 0 amide bonds. The van der Waals surface area contributed by atoms with E-state index in [0.29, 0.717) is 6.54 Å². The van der Waals surface area contributed by atoms with Gasteiger partial charge in [0.05, 0.1) is 5.92 Å². The first-order chi connectivity index (χ1) is 9.28. The van der Waals surface area contributed by atoms with Crippen LogP contribution in [0, 0.1) is 11.7 Å². The summed E-state index contributed by atoms with van der Waals surface area (Å²) in [5.41, 5.74) is 0.628. The van der Waals surface area contributed by atoms with E-state index in [0.717, 1.165) is 18.5 Å². The second-order valence-electron chi connectivity index (χ2n) is 6.02. The van der Waals surface area contributed by atoms with Crippen molar-refractivity contribution in [1.82, 2.24) is 5.32 Å². The molecule has 0 spiro atoms. The van der Waals surface area contributed by atoms with E-state index in [-0.39, 0.29) is 17.7 Å². The Morgan fingerprint density at radius 1 is 1.30 bits per heavy atom. The van der Waals surface area contributed by atoms with Crippen LogP contribution in [0.4, 0.5) is 4.39 Å². The highest BCUT2D eigenvalue weighted by Gasteiger charge is 2.21. The molecular formula is C16H24FNO2. The van der Waals surface area contributed by atoms with Crippen molar-refractivity contribution in [3.05, 3.63) is 35.6 Å². The maximum atomic E-state index is 12.7. The van der Waals surface area contributed by atoms with E-state index in [1.165, 1.54) is 12.1 Å². The van der Waals surface area contributed by atoms with Gasteiger partial charge >= 0.3 is 5.97 Å². The maximum Gasteiger partial charge on any atom is 0.310 e. The van der Waals surface area contributed by atoms with Crippen molar-refractivity contribution in [3.63, 3.8) is 0 Å². The fourth-order valence-corrected chi connectivity index (χ4v) is 1.69. The Morgan fingerprint density at radius 2 is 1.90 bits per heavy atom. The summed E-state index contributed by atoms with van der Waals surface area (Å²) in [7, 11) is 0. The predicted octanol–water partition coefficient (Wildman–Crippen LogP) is 2.94. The molecule has 1 N–H and O–H groups in total. The topological polar surface area (TPSA) is 38.3 Å². The highest BCUT2D eigenvalue weighted by molar-refractivity contribution is 5.72. The quantitative estimate of drug-likeness (QED) is 0.643. The molecule has 0 fully saturated rings. The molecular weight excluding hydrogens is 257 g/mol. The molecule has 20 heavy (non-hydrogen) atoms. The van der Waals surface area contributed by atoms with E-state index in [1.54, 1.807) is 12.1 Å². The minimum absolute atomic E-state index is 0.178. The molecule has 0 aliphatic heterocycles. The van der Waals surface area contributed by atoms with Gasteiger partial charge in [-0.15, -0.1) is 0 Å². The second-order valence-corrected chi connectivity index (χ2v) is 6.02. The van der Waals surface area contributed by atoms with Gasteiger partial charge in [0, 0.05) is 6.54 Å². The smallest absolute Gasteiger partial charge is 0.310 e. The molecule has 1 rings (SSSR count). The van der Waals surface area contributed by atoms with Gasteiger partial charge < -0.3 is 10.1 Å². The lowest BCUT2D eigenvalue weighted by atomic mass is 10.1. The van der Waals surface area contributed by atoms with Gasteiger partial charge in [0.1, 0.15) is 11.4 Å². The molecule has 0 saturated carbocycles. The molecule has 1 atom stereocenters. The molecule has 112 valence electrons. The lowest BCUT2D eigenvalue weighted by Crippen LogP contribution is -2.33. The number of esters is 1. The van der Waals surface area contributed by atoms with E-state index in [2.05, 4.69) is 5.32 Å². The Hall–Kier alpha value is -1.42. The summed E-state index contributed by atoms with van der Waals surface area (Å²) >= 11 is 0. The van der Waals surface area contributed by atoms with E-state index >= 15 is 0 Å². The van der Waals surface area contributed by atoms with Crippen molar-refractivity contribution in [3.8, 4) is 0 Å². The Morgan fingerprint density at radius 3 is 2.45 bits per heavy atom. The molecule has 4 heteroatoms. The standard InChI is InChI=1S/C16H24FNO2/c1-12(15(19)20-16(2,3)4)11-18-10-9-13-5-7-14(17)8-6-13/h5-8,12,18H,9-11H2,1-4H3. The van der Waals surface area contributed by atoms with Crippen LogP contribution in [0.2, 0.25) is 0 Å². The minimum atomic E-state index is -0.445. The summed E-state index contributed by atoms with van der Waals surface area (Å²) in [4.78, 5) is 11.8. The molecule has 1 aromatic rings. The normalized spacial score (nSPS) is 13.1. The molecule has 1 aromatic carbocycles. The number of rotatable bonds is 6. The molecule has 0 aromatic heterocycles. The lowest BCUT2D eigenvalue weighted by molar-refractivity contribution is -0.159. The average molecular weight is 281 g/mol. The number of carbonyl (C=O) groups excluding carboxylic acids is 1. The van der Waals surface area contributed by atoms with E-state index in [1.807, 2.05) is 27.7 Å². The van der Waals surface area contributed by atoms with Crippen LogP contribution in [0.25, 0.3) is 0 Å². The SMILES string of the molecule is CC(CNCCc1ccc(F)cc1)C(=O)OC(C)(C)C. The average Bonchev–Trinajstić information content (AvgIpc) is 2.34. The molecule has 0 bridgehead atoms. The highest BCUT2D eigenvalue weighted by Crippen LogP contribution is 2.10. The number of benzene rings is 1. The molecule has 0 aliphatic rings. The van der Waals surface area contributed by atoms with Crippen molar-refractivity contribution in [2.75, 3.05) is 13.1 Å². The van der Waals surface area contributed by atoms with Gasteiger partial charge in [0.25, 0.3) is 0 Å². The third kappa shape index (κ3) is 6.66. The van der Waals surface area contributed by atoms with E-state index in [9.17, 15) is 9.18 Å². The monoisotopic (exact) mass is 281 g/mol. The third-order valence-corrected chi connectivity index (χ3v) is 2.76. The zero-order valence-corrected chi connectivity index (χ0v) is 12.7. The Bertz CT molecular complexity index is 423. The zero-order valence-electron chi connectivity index (χ0n) is 12.7. The zero-order chi connectivity index (χ0) is 15.2. The second kappa shape index (κ2) is 7.39. The van der Waals surface area contributed by atoms with Gasteiger partial charge in [-0.1, -0.05) is 19.1 Å². The van der Waals surface area contributed by atoms with E-state index < -0.39 is 5.60 Å². The first-order valence-corrected chi connectivity index (χ1v) is 6.96. The van der Waals surface area contributed by atoms with Crippen molar-refractivity contribution in [2.45, 2.75) is 39.7 Å². The summed E-state index contributed by atoms with van der Waals surface area (Å²) in [5.74, 6) is -0.588. The Kier molecular flexibility index (Phi) is 6.14. The van der Waals surface area contributed by atoms with Crippen molar-refractivity contribution < 1.29 is 13.9 Å². The van der Waals surface area contributed by atoms with Gasteiger partial charge in [-0.3, -0.25) is 4.79 Å². The van der Waals surface area contributed by atoms with Crippen LogP contribution in [0.5, 0.6) is 0 Å². The van der Waals surface area contributed by atoms with Crippen molar-refractivity contribution in [2.24, 2.45) is 5.92 Å². The van der Waals surface area contributed by atoms with Crippen LogP contribution in [-0.2, 0) is 16.0 Å². The van der Waals surface area contributed by atoms with Crippen molar-refractivity contribution >= 4 is 5.97 Å². The van der Waals surface area contributed by atoms with Crippen LogP contribution in [0.3, 0.4) is 0 Å². The number of hydrogen-bond acceptors (Lipinski definition) is 3. The predicted molar refractivity (Wildman–Crippen MR) is 78.0 cm³/mol. The molecule has 0 aliphatic carbocycles. The van der Waals surface area contributed by atoms with Gasteiger partial charge in [-0.05, 0) is 51.4 Å². The van der Waals surface area contributed by atoms with Gasteiger partial charge in [0.15, 0.2) is 0 Å². The first kappa shape index (κ1) is 16.6. The molecule has 1 unspecified atom stereocenters. The summed E-state index contributed by atoms with van der Waals surface area (Å²) in [6, 6.07) is 6.46. The number of carbonyl (C=O) groups is 1. The number of nitrogens with one attached hydrogen (secondary N) is 1. The molecule has 3 nitrogen and oxygen atoms in total. The fourth-order valence-electron chi connectivity index (χ4n) is 1.69. The summed E-state index contributed by atoms with van der Waals surface area (Å²) in [6.45, 7) is 8.76. The summed E-state index contributed by atoms with van der Waals surface area (Å²) in [5, 5.41) is 3.22. The highest BCUT2D eigenvalue weighted by atomic mass is 19.1. The van der Waals surface area contributed by atoms with Gasteiger partial charge in [-0.25, -0.2) is 4.39 Å². The third-order valence-electron chi connectivity index (χ3n) is 2.76. The van der Waals surface area contributed by atoms with Crippen molar-refractivity contribution in [1.29, 1.82) is 0 Å². The van der Waals surface area contributed by atoms with Gasteiger partial charge in [0.2, 0.25) is 0 Å². The van der Waals surface area contributed by atoms with Crippen LogP contribution in [0.1, 0.15) is 33.3 Å². The largest absolute Gasteiger partial charge is 0.460 e. The van der Waals surface area contributed by atoms with Gasteiger partial charge in [-0.2, -0.15) is 0 Å². The molecule has 0 heterocycles. The van der Waals surface area contributed by atoms with Crippen LogP contribution in [-0.4, -0.2) is 24.7 Å². The van der Waals surface area contributed by atoms with E-state index in [4.69, 9.17) is 4.74 Å². The number of ether oxygens (including phenoxy) is 1. The van der Waals surface area contributed by atoms with Crippen LogP contribution < -0.4 is 5.32 Å².